The molecule has 0 fully saturated rings. The molecule has 5 aliphatic carbocycles. The standard InChI is InChI=1S/2C26H26ClNO3S.C15H16ClNO2S.2C11H11ClO.C11H12O2.3CH2Cl2/c2*1-26(2,3)31-25(30)22-21(17-10-12-20(27)13-11-17)15-32-24(22)28-23(29)19-9-8-16-6-4-5-7-18(16)14-19;1-15(2,3)19-14(18)12-11(8-20-13(12)17)9-4-6-10(16)7-5-9;3*12-11(13)10-6-5-8-3-1-2-4-9(8)7-10;3*2-1-3/h2*4-7,10-13,15,19H,8-9,14H2,1-3H3,(H,28,29);4-8H,17H2,1-3H3;2*1-4,10H,5-7H2;1-4,10H,5-7H2,(H,12,13);3*1H2. The van der Waals surface area contributed by atoms with Gasteiger partial charge in [0.15, 0.2) is 0 Å². The fourth-order valence-electron chi connectivity index (χ4n) is 15.4. The van der Waals surface area contributed by atoms with Gasteiger partial charge in [-0.15, -0.1) is 104 Å². The number of esters is 3. The number of thiophene rings is 3. The van der Waals surface area contributed by atoms with Crippen molar-refractivity contribution >= 4 is 223 Å². The van der Waals surface area contributed by atoms with E-state index >= 15 is 0 Å². The van der Waals surface area contributed by atoms with Crippen molar-refractivity contribution in [2.24, 2.45) is 29.6 Å². The number of nitrogens with one attached hydrogen (secondary N) is 2. The number of carboxylic acid groups (broad SMARTS) is 1. The van der Waals surface area contributed by atoms with Gasteiger partial charge in [0.05, 0.1) is 21.9 Å². The number of carboxylic acids is 1. The molecular weight excluding hydrogens is 1960 g/mol. The smallest absolute Gasteiger partial charge is 0.342 e. The van der Waals surface area contributed by atoms with Crippen LogP contribution < -0.4 is 16.4 Å². The number of aryl methyl sites for hydroxylation is 5. The average Bonchev–Trinajstić information content (AvgIpc) is 1.64. The number of nitrogen functional groups attached to an aromatic ring is 1. The van der Waals surface area contributed by atoms with Gasteiger partial charge in [0.1, 0.15) is 48.5 Å². The summed E-state index contributed by atoms with van der Waals surface area (Å²) < 4.78 is 16.8. The van der Waals surface area contributed by atoms with Crippen molar-refractivity contribution in [1.29, 1.82) is 0 Å². The predicted molar refractivity (Wildman–Crippen MR) is 550 cm³/mol. The summed E-state index contributed by atoms with van der Waals surface area (Å²) >= 11 is 61.5. The van der Waals surface area contributed by atoms with Gasteiger partial charge in [-0.05, 0) is 291 Å². The summed E-state index contributed by atoms with van der Waals surface area (Å²) in [6.07, 6.45) is 12.6. The molecule has 0 radical (unpaired) electrons. The zero-order valence-corrected chi connectivity index (χ0v) is 85.5. The Morgan fingerprint density at radius 1 is 0.341 bits per heavy atom. The van der Waals surface area contributed by atoms with Crippen molar-refractivity contribution in [2.75, 3.05) is 32.4 Å². The second kappa shape index (κ2) is 53.5. The van der Waals surface area contributed by atoms with E-state index in [1.165, 1.54) is 89.6 Å². The molecule has 2 amide bonds. The summed E-state index contributed by atoms with van der Waals surface area (Å²) in [6.45, 7) is 16.5. The molecule has 132 heavy (non-hydrogen) atoms. The van der Waals surface area contributed by atoms with Gasteiger partial charge in [-0.3, -0.25) is 24.0 Å². The van der Waals surface area contributed by atoms with Gasteiger partial charge in [0.2, 0.25) is 22.3 Å². The molecule has 15 nitrogen and oxygen atoms in total. The SMILES string of the molecule is CC(C)(C)OC(=O)c1c(-c2ccc(Cl)cc2)csc1N.CC(C)(C)OC(=O)c1c(-c2ccc(Cl)cc2)csc1NC(=O)C1CCc2ccccc2C1.CC(C)(C)OC(=O)c1c(-c2ccc(Cl)cc2)csc1NC(=O)C1CCc2ccccc2C1.ClCCl.ClCCl.ClCCl.O=C(Cl)C1CCc2ccccc2C1.O=C(Cl)C1CCc2ccccc2C1.O=C(O)C1CCc2ccccc2C1. The molecule has 0 saturated carbocycles. The lowest BCUT2D eigenvalue weighted by Crippen LogP contribution is -2.29. The van der Waals surface area contributed by atoms with E-state index in [1.807, 2.05) is 182 Å². The van der Waals surface area contributed by atoms with Crippen LogP contribution in [0.3, 0.4) is 0 Å². The van der Waals surface area contributed by atoms with Crippen LogP contribution >= 0.6 is 162 Å². The van der Waals surface area contributed by atoms with Crippen molar-refractivity contribution < 1.29 is 57.7 Å². The topological polar surface area (TPSA) is 235 Å². The highest BCUT2D eigenvalue weighted by atomic mass is 35.5. The van der Waals surface area contributed by atoms with Gasteiger partial charge in [-0.1, -0.05) is 193 Å². The van der Waals surface area contributed by atoms with Crippen LogP contribution in [0.4, 0.5) is 15.0 Å². The predicted octanol–water partition coefficient (Wildman–Crippen LogP) is 29.4. The number of hydrogen-bond donors (Lipinski definition) is 4. The van der Waals surface area contributed by atoms with Crippen molar-refractivity contribution in [2.45, 2.75) is 175 Å². The van der Waals surface area contributed by atoms with Crippen LogP contribution in [0.15, 0.2) is 210 Å². The van der Waals surface area contributed by atoms with Gasteiger partial charge < -0.3 is 35.7 Å². The summed E-state index contributed by atoms with van der Waals surface area (Å²) in [5.41, 5.74) is 23.0. The number of carbonyl (C=O) groups excluding carboxylic acids is 7. The number of benzene rings is 8. The minimum absolute atomic E-state index is 0.0385. The van der Waals surface area contributed by atoms with Crippen molar-refractivity contribution in [3.8, 4) is 33.4 Å². The van der Waals surface area contributed by atoms with E-state index in [-0.39, 0.29) is 67.9 Å². The number of hydrogen-bond acceptors (Lipinski definition) is 15. The van der Waals surface area contributed by atoms with Crippen LogP contribution in [-0.4, -0.2) is 84.1 Å². The molecule has 5 aliphatic rings. The number of alkyl halides is 6. The summed E-state index contributed by atoms with van der Waals surface area (Å²) in [5.74, 6) is -2.43. The minimum atomic E-state index is -0.658. The quantitative estimate of drug-likeness (QED) is 0.0364. The molecule has 5 N–H and O–H groups in total. The molecule has 3 aromatic heterocycles. The molecule has 0 saturated heterocycles. The Hall–Kier alpha value is -7.99. The molecular formula is C103H108Cl11N3O12S3. The number of halogens is 11. The highest BCUT2D eigenvalue weighted by Gasteiger charge is 2.34. The van der Waals surface area contributed by atoms with E-state index in [1.54, 1.807) is 36.4 Å². The Balaban J connectivity index is 0.000000199. The maximum atomic E-state index is 13.2. The van der Waals surface area contributed by atoms with Crippen LogP contribution in [0.25, 0.3) is 33.4 Å². The third-order valence-electron chi connectivity index (χ3n) is 21.6. The normalized spacial score (nSPS) is 15.9. The number of rotatable bonds is 13. The number of nitrogens with two attached hydrogens (primary N) is 1. The lowest BCUT2D eigenvalue weighted by atomic mass is 9.83. The molecule has 5 atom stereocenters. The third kappa shape index (κ3) is 34.4. The number of ether oxygens (including phenoxy) is 3. The molecule has 29 heteroatoms. The molecule has 0 aliphatic heterocycles. The third-order valence-corrected chi connectivity index (χ3v) is 25.6. The maximum Gasteiger partial charge on any atom is 0.342 e. The fourth-order valence-corrected chi connectivity index (χ4v) is 18.8. The first-order valence-corrected chi connectivity index (χ1v) is 50.5. The van der Waals surface area contributed by atoms with E-state index in [4.69, 9.17) is 153 Å². The van der Waals surface area contributed by atoms with Gasteiger partial charge in [-0.25, -0.2) is 14.4 Å². The van der Waals surface area contributed by atoms with Gasteiger partial charge in [0, 0.05) is 71.6 Å². The average molecular weight is 2070 g/mol. The molecule has 0 spiro atoms. The van der Waals surface area contributed by atoms with Crippen LogP contribution in [0.1, 0.15) is 181 Å². The number of anilines is 3. The van der Waals surface area contributed by atoms with Gasteiger partial charge in [0.25, 0.3) is 0 Å². The molecule has 702 valence electrons. The van der Waals surface area contributed by atoms with Crippen LogP contribution in [-0.2, 0) is 102 Å². The largest absolute Gasteiger partial charge is 0.481 e. The Bertz CT molecular complexity index is 5320. The molecule has 0 bridgehead atoms. The van der Waals surface area contributed by atoms with Crippen LogP contribution in [0.5, 0.6) is 0 Å². The number of fused-ring (bicyclic) bond motifs is 5. The Morgan fingerprint density at radius 2 is 0.561 bits per heavy atom. The molecule has 16 rings (SSSR count). The molecule has 5 unspecified atom stereocenters. The molecule has 11 aromatic rings. The van der Waals surface area contributed by atoms with Gasteiger partial charge >= 0.3 is 23.9 Å². The second-order valence-corrected chi connectivity index (χ2v) is 41.5. The summed E-state index contributed by atoms with van der Waals surface area (Å²) in [6, 6.07) is 63.0. The highest BCUT2D eigenvalue weighted by molar-refractivity contribution is 7.16. The minimum Gasteiger partial charge on any atom is -0.481 e. The number of aliphatic carboxylic acids is 1. The molecule has 8 aromatic carbocycles. The zero-order valence-electron chi connectivity index (χ0n) is 74.7. The Kier molecular flexibility index (Phi) is 44.3. The Morgan fingerprint density at radius 3 is 0.818 bits per heavy atom. The van der Waals surface area contributed by atoms with Crippen molar-refractivity contribution in [3.05, 3.63) is 298 Å². The zero-order chi connectivity index (χ0) is 96.6. The number of carbonyl (C=O) groups is 8. The van der Waals surface area contributed by atoms with Crippen molar-refractivity contribution in [3.63, 3.8) is 0 Å². The van der Waals surface area contributed by atoms with E-state index in [0.29, 0.717) is 66.0 Å². The number of amides is 2. The first-order chi connectivity index (χ1) is 62.8. The first-order valence-electron chi connectivity index (χ1n) is 42.8. The first kappa shape index (κ1) is 109. The second-order valence-electron chi connectivity index (χ2n) is 34.4. The van der Waals surface area contributed by atoms with E-state index in [0.717, 1.165) is 110 Å². The Labute approximate surface area is 841 Å². The van der Waals surface area contributed by atoms with Crippen molar-refractivity contribution in [1.82, 2.24) is 0 Å². The molecule has 3 heterocycles. The van der Waals surface area contributed by atoms with Crippen LogP contribution in [0.2, 0.25) is 15.1 Å². The lowest BCUT2D eigenvalue weighted by molar-refractivity contribution is -0.142. The van der Waals surface area contributed by atoms with Gasteiger partial charge in [-0.2, -0.15) is 0 Å². The van der Waals surface area contributed by atoms with Crippen LogP contribution in [0, 0.1) is 29.6 Å². The monoisotopic (exact) mass is 2060 g/mol. The summed E-state index contributed by atoms with van der Waals surface area (Å²) in [7, 11) is 0. The van der Waals surface area contributed by atoms with E-state index in [9.17, 15) is 38.4 Å². The fraction of sp³-hybridized carbons (Fsp3) is 0.340. The maximum absolute atomic E-state index is 13.2. The summed E-state index contributed by atoms with van der Waals surface area (Å²) in [4.78, 5) is 97.6. The van der Waals surface area contributed by atoms with E-state index in [2.05, 4.69) is 65.2 Å². The lowest BCUT2D eigenvalue weighted by Gasteiger charge is -2.24. The van der Waals surface area contributed by atoms with E-state index < -0.39 is 40.7 Å². The summed E-state index contributed by atoms with van der Waals surface area (Å²) in [5, 5.41) is 24.2. The highest BCUT2D eigenvalue weighted by Crippen LogP contribution is 2.43.